The van der Waals surface area contributed by atoms with Gasteiger partial charge in [-0.3, -0.25) is 14.5 Å². The number of nitrogens with zero attached hydrogens (tertiary/aromatic N) is 2. The number of thiazole rings is 1. The molecule has 5 rings (SSSR count). The molecule has 0 saturated carbocycles. The molecule has 1 fully saturated rings. The first-order chi connectivity index (χ1) is 18.1. The maximum atomic E-state index is 13.5. The van der Waals surface area contributed by atoms with Crippen molar-refractivity contribution in [1.29, 1.82) is 0 Å². The third-order valence-corrected chi connectivity index (χ3v) is 7.77. The summed E-state index contributed by atoms with van der Waals surface area (Å²) >= 11 is 7.45. The van der Waals surface area contributed by atoms with Crippen LogP contribution in [0.4, 0.5) is 5.13 Å². The lowest BCUT2D eigenvalue weighted by Crippen LogP contribution is -2.29. The van der Waals surface area contributed by atoms with Crippen LogP contribution in [0.3, 0.4) is 0 Å². The lowest BCUT2D eigenvalue weighted by atomic mass is 9.85. The number of benzene rings is 3. The van der Waals surface area contributed by atoms with E-state index in [-0.39, 0.29) is 16.7 Å². The number of hydrogen-bond donors (Lipinski definition) is 1. The number of rotatable bonds is 5. The van der Waals surface area contributed by atoms with Gasteiger partial charge in [0.1, 0.15) is 11.5 Å². The van der Waals surface area contributed by atoms with Gasteiger partial charge in [0.2, 0.25) is 0 Å². The number of carbonyl (C=O) groups excluding carboxylic acids is 2. The summed E-state index contributed by atoms with van der Waals surface area (Å²) in [5, 5.41) is 12.3. The molecular formula is C30H27ClN2O4S. The van der Waals surface area contributed by atoms with Gasteiger partial charge in [0.25, 0.3) is 5.78 Å². The van der Waals surface area contributed by atoms with E-state index >= 15 is 0 Å². The fourth-order valence-corrected chi connectivity index (χ4v) is 5.80. The molecule has 6 nitrogen and oxygen atoms in total. The van der Waals surface area contributed by atoms with Crippen molar-refractivity contribution in [2.75, 3.05) is 11.5 Å². The number of halogens is 1. The summed E-state index contributed by atoms with van der Waals surface area (Å²) in [5.74, 6) is -1.11. The number of aromatic nitrogens is 1. The molecule has 1 atom stereocenters. The standard InChI is InChI=1S/C30H27ClN2O4S/c1-5-37-21-13-8-18(9-14-21)26(34)24-25(17-6-10-19(11-7-17)30(2,3)4)33(28(36)27(24)35)29-32-22-15-12-20(31)16-23(22)38-29/h6-16,25,34H,5H2,1-4H3. The summed E-state index contributed by atoms with van der Waals surface area (Å²) in [6, 6.07) is 19.0. The molecule has 0 bridgehead atoms. The van der Waals surface area contributed by atoms with Gasteiger partial charge >= 0.3 is 5.91 Å². The van der Waals surface area contributed by atoms with Crippen molar-refractivity contribution in [2.45, 2.75) is 39.2 Å². The van der Waals surface area contributed by atoms with Crippen LogP contribution in [-0.4, -0.2) is 28.4 Å². The summed E-state index contributed by atoms with van der Waals surface area (Å²) in [4.78, 5) is 33.0. The summed E-state index contributed by atoms with van der Waals surface area (Å²) in [7, 11) is 0. The molecule has 1 N–H and O–H groups in total. The SMILES string of the molecule is CCOc1ccc(C(O)=C2C(=O)C(=O)N(c3nc4ccc(Cl)cc4s3)C2c2ccc(C(C)(C)C)cc2)cc1. The Balaban J connectivity index is 1.68. The van der Waals surface area contributed by atoms with Crippen LogP contribution in [0.25, 0.3) is 16.0 Å². The number of carbonyl (C=O) groups is 2. The predicted octanol–water partition coefficient (Wildman–Crippen LogP) is 7.27. The minimum absolute atomic E-state index is 0.0138. The first-order valence-electron chi connectivity index (χ1n) is 12.3. The van der Waals surface area contributed by atoms with Crippen molar-refractivity contribution in [2.24, 2.45) is 0 Å². The van der Waals surface area contributed by atoms with Crippen molar-refractivity contribution in [3.8, 4) is 5.75 Å². The minimum Gasteiger partial charge on any atom is -0.507 e. The second-order valence-electron chi connectivity index (χ2n) is 10.1. The number of hydrogen-bond acceptors (Lipinski definition) is 6. The highest BCUT2D eigenvalue weighted by molar-refractivity contribution is 7.22. The second-order valence-corrected chi connectivity index (χ2v) is 11.6. The highest BCUT2D eigenvalue weighted by Crippen LogP contribution is 2.45. The number of ether oxygens (including phenoxy) is 1. The van der Waals surface area contributed by atoms with Crippen LogP contribution in [0.5, 0.6) is 5.75 Å². The van der Waals surface area contributed by atoms with Crippen LogP contribution in [0.15, 0.2) is 72.3 Å². The Morgan fingerprint density at radius 2 is 1.74 bits per heavy atom. The zero-order valence-corrected chi connectivity index (χ0v) is 23.1. The van der Waals surface area contributed by atoms with E-state index in [0.29, 0.717) is 39.2 Å². The number of ketones is 1. The van der Waals surface area contributed by atoms with Gasteiger partial charge in [0, 0.05) is 10.6 Å². The second kappa shape index (κ2) is 9.89. The molecule has 1 aliphatic heterocycles. The van der Waals surface area contributed by atoms with Crippen molar-refractivity contribution >= 4 is 55.7 Å². The smallest absolute Gasteiger partial charge is 0.301 e. The van der Waals surface area contributed by atoms with Gasteiger partial charge in [-0.15, -0.1) is 0 Å². The van der Waals surface area contributed by atoms with E-state index < -0.39 is 17.7 Å². The van der Waals surface area contributed by atoms with Gasteiger partial charge in [0.05, 0.1) is 28.4 Å². The first-order valence-corrected chi connectivity index (χ1v) is 13.5. The van der Waals surface area contributed by atoms with E-state index in [1.54, 1.807) is 42.5 Å². The molecule has 38 heavy (non-hydrogen) atoms. The molecule has 1 saturated heterocycles. The number of fused-ring (bicyclic) bond motifs is 1. The Morgan fingerprint density at radius 3 is 2.37 bits per heavy atom. The zero-order chi connectivity index (χ0) is 27.2. The van der Waals surface area contributed by atoms with Gasteiger partial charge in [-0.25, -0.2) is 4.98 Å². The Morgan fingerprint density at radius 1 is 1.05 bits per heavy atom. The molecule has 1 amide bonds. The number of Topliss-reactive ketones (excluding diaryl/α,β-unsaturated/α-hetero) is 1. The Hall–Kier alpha value is -3.68. The van der Waals surface area contributed by atoms with Crippen molar-refractivity contribution in [3.05, 3.63) is 94.0 Å². The Kier molecular flexibility index (Phi) is 6.75. The van der Waals surface area contributed by atoms with Gasteiger partial charge < -0.3 is 9.84 Å². The van der Waals surface area contributed by atoms with Crippen molar-refractivity contribution < 1.29 is 19.4 Å². The van der Waals surface area contributed by atoms with Gasteiger partial charge in [-0.2, -0.15) is 0 Å². The quantitative estimate of drug-likeness (QED) is 0.162. The van der Waals surface area contributed by atoms with Crippen LogP contribution in [-0.2, 0) is 15.0 Å². The summed E-state index contributed by atoms with van der Waals surface area (Å²) in [6.45, 7) is 8.75. The number of aliphatic hydroxyl groups is 1. The minimum atomic E-state index is -0.855. The van der Waals surface area contributed by atoms with Crippen LogP contribution in [0.2, 0.25) is 5.02 Å². The summed E-state index contributed by atoms with van der Waals surface area (Å²) in [5.41, 5.74) is 2.83. The molecule has 0 spiro atoms. The predicted molar refractivity (Wildman–Crippen MR) is 152 cm³/mol. The van der Waals surface area contributed by atoms with Gasteiger partial charge in [-0.1, -0.05) is 68.0 Å². The number of aliphatic hydroxyl groups excluding tert-OH is 1. The highest BCUT2D eigenvalue weighted by Gasteiger charge is 2.48. The monoisotopic (exact) mass is 546 g/mol. The van der Waals surface area contributed by atoms with Crippen LogP contribution >= 0.6 is 22.9 Å². The third kappa shape index (κ3) is 4.68. The Bertz CT molecular complexity index is 1570. The van der Waals surface area contributed by atoms with E-state index in [4.69, 9.17) is 16.3 Å². The summed E-state index contributed by atoms with van der Waals surface area (Å²) < 4.78 is 6.30. The largest absolute Gasteiger partial charge is 0.507 e. The molecule has 8 heteroatoms. The molecular weight excluding hydrogens is 520 g/mol. The first kappa shape index (κ1) is 25.9. The van der Waals surface area contributed by atoms with E-state index in [9.17, 15) is 14.7 Å². The van der Waals surface area contributed by atoms with E-state index in [1.165, 1.54) is 16.2 Å². The van der Waals surface area contributed by atoms with Gasteiger partial charge in [-0.05, 0) is 65.9 Å². The van der Waals surface area contributed by atoms with Crippen molar-refractivity contribution in [1.82, 2.24) is 4.98 Å². The molecule has 3 aromatic carbocycles. The molecule has 1 aliphatic rings. The maximum absolute atomic E-state index is 13.5. The average Bonchev–Trinajstić information content (AvgIpc) is 3.41. The molecule has 0 aliphatic carbocycles. The molecule has 0 radical (unpaired) electrons. The molecule has 1 aromatic heterocycles. The number of amides is 1. The topological polar surface area (TPSA) is 79.7 Å². The fourth-order valence-electron chi connectivity index (χ4n) is 4.53. The van der Waals surface area contributed by atoms with Crippen LogP contribution in [0.1, 0.15) is 50.4 Å². The lowest BCUT2D eigenvalue weighted by Gasteiger charge is -2.24. The van der Waals surface area contributed by atoms with Gasteiger partial charge in [0.15, 0.2) is 5.13 Å². The van der Waals surface area contributed by atoms with Crippen LogP contribution in [0, 0.1) is 0 Å². The molecule has 4 aromatic rings. The molecule has 194 valence electrons. The molecule has 2 heterocycles. The normalized spacial score (nSPS) is 17.4. The van der Waals surface area contributed by atoms with E-state index in [1.807, 2.05) is 31.2 Å². The van der Waals surface area contributed by atoms with E-state index in [2.05, 4.69) is 25.8 Å². The number of anilines is 1. The lowest BCUT2D eigenvalue weighted by molar-refractivity contribution is -0.132. The molecule has 1 unspecified atom stereocenters. The summed E-state index contributed by atoms with van der Waals surface area (Å²) in [6.07, 6.45) is 0. The third-order valence-electron chi connectivity index (χ3n) is 6.52. The zero-order valence-electron chi connectivity index (χ0n) is 21.5. The Labute approximate surface area is 230 Å². The highest BCUT2D eigenvalue weighted by atomic mass is 35.5. The maximum Gasteiger partial charge on any atom is 0.301 e. The van der Waals surface area contributed by atoms with Crippen LogP contribution < -0.4 is 9.64 Å². The van der Waals surface area contributed by atoms with Crippen molar-refractivity contribution in [3.63, 3.8) is 0 Å². The average molecular weight is 547 g/mol. The van der Waals surface area contributed by atoms with E-state index in [0.717, 1.165) is 10.3 Å². The fraction of sp³-hybridized carbons (Fsp3) is 0.233.